The summed E-state index contributed by atoms with van der Waals surface area (Å²) in [6.07, 6.45) is 2.17. The monoisotopic (exact) mass is 358 g/mol. The molecule has 2 aromatic rings. The van der Waals surface area contributed by atoms with Crippen LogP contribution in [0.4, 0.5) is 5.69 Å². The zero-order chi connectivity index (χ0) is 17.8. The fourth-order valence-corrected chi connectivity index (χ4v) is 4.03. The molecule has 0 spiro atoms. The first kappa shape index (κ1) is 17.6. The molecule has 132 valence electrons. The first-order chi connectivity index (χ1) is 12.1. The van der Waals surface area contributed by atoms with Crippen molar-refractivity contribution in [1.29, 1.82) is 0 Å². The first-order valence-corrected chi connectivity index (χ1v) is 9.26. The summed E-state index contributed by atoms with van der Waals surface area (Å²) in [6, 6.07) is 9.46. The van der Waals surface area contributed by atoms with Crippen LogP contribution >= 0.6 is 11.3 Å². The van der Waals surface area contributed by atoms with Crippen LogP contribution < -0.4 is 4.90 Å². The van der Waals surface area contributed by atoms with Gasteiger partial charge < -0.3 is 9.64 Å². The number of hydrogen-bond acceptors (Lipinski definition) is 5. The number of para-hydroxylation sites is 1. The number of carbonyl (C=O) groups excluding carboxylic acids is 2. The third-order valence-corrected chi connectivity index (χ3v) is 5.38. The molecule has 0 N–H and O–H groups in total. The Kier molecular flexibility index (Phi) is 5.50. The number of anilines is 1. The van der Waals surface area contributed by atoms with E-state index >= 15 is 0 Å². The predicted octanol–water partition coefficient (Wildman–Crippen LogP) is 3.33. The zero-order valence-corrected chi connectivity index (χ0v) is 15.3. The predicted molar refractivity (Wildman–Crippen MR) is 99.1 cm³/mol. The summed E-state index contributed by atoms with van der Waals surface area (Å²) in [5.41, 5.74) is 2.26. The Hall–Kier alpha value is -2.18. The molecular weight excluding hydrogens is 336 g/mol. The Bertz CT molecular complexity index is 745. The van der Waals surface area contributed by atoms with Crippen molar-refractivity contribution in [3.8, 4) is 0 Å². The van der Waals surface area contributed by atoms with E-state index in [0.717, 1.165) is 19.4 Å². The third kappa shape index (κ3) is 3.75. The summed E-state index contributed by atoms with van der Waals surface area (Å²) in [4.78, 5) is 28.5. The number of likely N-dealkylation sites (N-methyl/N-ethyl adjacent to an activating group) is 1. The normalized spacial score (nSPS) is 17.4. The molecule has 0 saturated carbocycles. The maximum Gasteiger partial charge on any atom is 0.339 e. The summed E-state index contributed by atoms with van der Waals surface area (Å²) < 4.78 is 4.82. The van der Waals surface area contributed by atoms with E-state index in [1.807, 2.05) is 6.07 Å². The topological polar surface area (TPSA) is 49.9 Å². The lowest BCUT2D eigenvalue weighted by Gasteiger charge is -2.27. The van der Waals surface area contributed by atoms with E-state index in [1.165, 1.54) is 12.7 Å². The van der Waals surface area contributed by atoms with Gasteiger partial charge in [-0.2, -0.15) is 11.3 Å². The van der Waals surface area contributed by atoms with Gasteiger partial charge >= 0.3 is 5.97 Å². The minimum Gasteiger partial charge on any atom is -0.465 e. The van der Waals surface area contributed by atoms with Crippen molar-refractivity contribution in [1.82, 2.24) is 4.90 Å². The average molecular weight is 358 g/mol. The third-order valence-electron chi connectivity index (χ3n) is 4.67. The van der Waals surface area contributed by atoms with Gasteiger partial charge in [-0.3, -0.25) is 9.69 Å². The van der Waals surface area contributed by atoms with Crippen molar-refractivity contribution in [3.05, 3.63) is 52.2 Å². The molecule has 0 aliphatic carbocycles. The molecule has 6 heteroatoms. The standard InChI is InChI=1S/C19H22N2O3S/c1-20(17-7-4-3-6-15(17)19(23)24-2)18(22)12-21-10-5-8-16(21)14-9-11-25-13-14/h3-4,6-7,9,11,13,16H,5,8,10,12H2,1-2H3/t16-/m0/s1. The molecule has 1 aliphatic rings. The molecule has 1 atom stereocenters. The van der Waals surface area contributed by atoms with Crippen LogP contribution in [0.15, 0.2) is 41.1 Å². The molecule has 1 aromatic carbocycles. The van der Waals surface area contributed by atoms with Gasteiger partial charge in [0.15, 0.2) is 0 Å². The van der Waals surface area contributed by atoms with Gasteiger partial charge in [0, 0.05) is 13.1 Å². The summed E-state index contributed by atoms with van der Waals surface area (Å²) in [6.45, 7) is 1.26. The minimum absolute atomic E-state index is 0.0292. The van der Waals surface area contributed by atoms with E-state index in [4.69, 9.17) is 4.74 Å². The highest BCUT2D eigenvalue weighted by atomic mass is 32.1. The minimum atomic E-state index is -0.437. The number of amides is 1. The first-order valence-electron chi connectivity index (χ1n) is 8.32. The fraction of sp³-hybridized carbons (Fsp3) is 0.368. The van der Waals surface area contributed by atoms with Crippen molar-refractivity contribution in [3.63, 3.8) is 0 Å². The van der Waals surface area contributed by atoms with Crippen LogP contribution in [0.2, 0.25) is 0 Å². The van der Waals surface area contributed by atoms with E-state index in [0.29, 0.717) is 23.8 Å². The van der Waals surface area contributed by atoms with Gasteiger partial charge in [0.2, 0.25) is 5.91 Å². The number of ether oxygens (including phenoxy) is 1. The molecule has 1 fully saturated rings. The number of likely N-dealkylation sites (tertiary alicyclic amines) is 1. The van der Waals surface area contributed by atoms with E-state index < -0.39 is 5.97 Å². The van der Waals surface area contributed by atoms with Crippen molar-refractivity contribution in [2.24, 2.45) is 0 Å². The van der Waals surface area contributed by atoms with Crippen LogP contribution in [0.1, 0.15) is 34.8 Å². The summed E-state index contributed by atoms with van der Waals surface area (Å²) >= 11 is 1.68. The Morgan fingerprint density at radius 1 is 1.32 bits per heavy atom. The maximum absolute atomic E-state index is 12.8. The highest BCUT2D eigenvalue weighted by Crippen LogP contribution is 2.33. The summed E-state index contributed by atoms with van der Waals surface area (Å²) in [7, 11) is 3.05. The molecule has 0 radical (unpaired) electrons. The molecule has 1 saturated heterocycles. The van der Waals surface area contributed by atoms with Crippen molar-refractivity contribution < 1.29 is 14.3 Å². The second kappa shape index (κ2) is 7.80. The van der Waals surface area contributed by atoms with Crippen LogP contribution in [-0.2, 0) is 9.53 Å². The largest absolute Gasteiger partial charge is 0.465 e. The van der Waals surface area contributed by atoms with Gasteiger partial charge in [0.1, 0.15) is 0 Å². The summed E-state index contributed by atoms with van der Waals surface area (Å²) in [5.74, 6) is -0.467. The van der Waals surface area contributed by atoms with E-state index in [-0.39, 0.29) is 5.91 Å². The number of nitrogens with zero attached hydrogens (tertiary/aromatic N) is 2. The number of rotatable bonds is 5. The molecule has 25 heavy (non-hydrogen) atoms. The molecular formula is C19H22N2O3S. The molecule has 1 aliphatic heterocycles. The molecule has 2 heterocycles. The van der Waals surface area contributed by atoms with Gasteiger partial charge in [-0.1, -0.05) is 12.1 Å². The van der Waals surface area contributed by atoms with Gasteiger partial charge in [-0.05, 0) is 53.9 Å². The summed E-state index contributed by atoms with van der Waals surface area (Å²) in [5, 5.41) is 4.23. The maximum atomic E-state index is 12.8. The molecule has 1 amide bonds. The van der Waals surface area contributed by atoms with Crippen molar-refractivity contribution in [2.75, 3.05) is 32.1 Å². The van der Waals surface area contributed by atoms with E-state index in [1.54, 1.807) is 41.5 Å². The Labute approximate surface area is 151 Å². The van der Waals surface area contributed by atoms with Gasteiger partial charge in [0.25, 0.3) is 0 Å². The lowest BCUT2D eigenvalue weighted by molar-refractivity contribution is -0.119. The number of methoxy groups -OCH3 is 1. The Morgan fingerprint density at radius 2 is 2.12 bits per heavy atom. The van der Waals surface area contributed by atoms with Crippen molar-refractivity contribution in [2.45, 2.75) is 18.9 Å². The molecule has 0 bridgehead atoms. The van der Waals surface area contributed by atoms with Crippen LogP contribution in [-0.4, -0.2) is 44.0 Å². The highest BCUT2D eigenvalue weighted by molar-refractivity contribution is 7.07. The number of thiophene rings is 1. The molecule has 5 nitrogen and oxygen atoms in total. The smallest absolute Gasteiger partial charge is 0.339 e. The lowest BCUT2D eigenvalue weighted by atomic mass is 10.1. The second-order valence-electron chi connectivity index (χ2n) is 6.15. The van der Waals surface area contributed by atoms with Crippen LogP contribution in [0.3, 0.4) is 0 Å². The molecule has 3 rings (SSSR count). The molecule has 1 aromatic heterocycles. The second-order valence-corrected chi connectivity index (χ2v) is 6.93. The van der Waals surface area contributed by atoms with Crippen LogP contribution in [0, 0.1) is 0 Å². The zero-order valence-electron chi connectivity index (χ0n) is 14.5. The number of carbonyl (C=O) groups is 2. The van der Waals surface area contributed by atoms with Gasteiger partial charge in [-0.25, -0.2) is 4.79 Å². The van der Waals surface area contributed by atoms with E-state index in [2.05, 4.69) is 21.7 Å². The van der Waals surface area contributed by atoms with E-state index in [9.17, 15) is 9.59 Å². The average Bonchev–Trinajstić information content (AvgIpc) is 3.31. The highest BCUT2D eigenvalue weighted by Gasteiger charge is 2.29. The van der Waals surface area contributed by atoms with Gasteiger partial charge in [0.05, 0.1) is 24.9 Å². The number of hydrogen-bond donors (Lipinski definition) is 0. The quantitative estimate of drug-likeness (QED) is 0.769. The van der Waals surface area contributed by atoms with Crippen LogP contribution in [0.25, 0.3) is 0 Å². The SMILES string of the molecule is COC(=O)c1ccccc1N(C)C(=O)CN1CCC[C@H]1c1ccsc1. The fourth-order valence-electron chi connectivity index (χ4n) is 3.32. The number of esters is 1. The van der Waals surface area contributed by atoms with Crippen molar-refractivity contribution >= 4 is 28.9 Å². The number of benzene rings is 1. The Balaban J connectivity index is 1.74. The Morgan fingerprint density at radius 3 is 2.84 bits per heavy atom. The van der Waals surface area contributed by atoms with Gasteiger partial charge in [-0.15, -0.1) is 0 Å². The lowest BCUT2D eigenvalue weighted by Crippen LogP contribution is -2.38. The van der Waals surface area contributed by atoms with Crippen LogP contribution in [0.5, 0.6) is 0 Å². The molecule has 0 unspecified atom stereocenters.